The van der Waals surface area contributed by atoms with Crippen molar-refractivity contribution in [2.75, 3.05) is 39.9 Å². The lowest BCUT2D eigenvalue weighted by atomic mass is 10.2. The molecule has 0 saturated heterocycles. The van der Waals surface area contributed by atoms with Crippen molar-refractivity contribution in [1.29, 1.82) is 0 Å². The Labute approximate surface area is 249 Å². The molecule has 2 aromatic carbocycles. The second-order valence-electron chi connectivity index (χ2n) is 9.16. The first kappa shape index (κ1) is 34.3. The van der Waals surface area contributed by atoms with Gasteiger partial charge in [-0.1, -0.05) is 121 Å². The van der Waals surface area contributed by atoms with Gasteiger partial charge in [0.2, 0.25) is 0 Å². The lowest BCUT2D eigenvalue weighted by molar-refractivity contribution is 0.255. The van der Waals surface area contributed by atoms with E-state index >= 15 is 0 Å². The van der Waals surface area contributed by atoms with Gasteiger partial charge in [-0.3, -0.25) is 0 Å². The van der Waals surface area contributed by atoms with Gasteiger partial charge in [0.05, 0.1) is 0 Å². The molecule has 0 radical (unpaired) electrons. The van der Waals surface area contributed by atoms with E-state index in [1.165, 1.54) is 60.4 Å². The molecule has 0 unspecified atom stereocenters. The van der Waals surface area contributed by atoms with E-state index < -0.39 is 17.1 Å². The highest BCUT2D eigenvalue weighted by Gasteiger charge is 2.38. The third-order valence-electron chi connectivity index (χ3n) is 6.84. The predicted octanol–water partition coefficient (Wildman–Crippen LogP) is 8.07. The molecule has 10 heteroatoms. The fraction of sp³-hybridized carbons (Fsp3) is 0.571. The van der Waals surface area contributed by atoms with Crippen LogP contribution in [0.4, 0.5) is 0 Å². The number of hydrogen-bond donors (Lipinski definition) is 0. The molecule has 0 saturated carbocycles. The van der Waals surface area contributed by atoms with Gasteiger partial charge in [0.25, 0.3) is 0 Å². The molecular formula is C28H46O4S4Si2. The Kier molecular flexibility index (Phi) is 18.9. The maximum Gasteiger partial charge on any atom is 0.371 e. The molecule has 0 fully saturated rings. The van der Waals surface area contributed by atoms with Crippen molar-refractivity contribution in [3.8, 4) is 0 Å². The Morgan fingerprint density at radius 1 is 0.474 bits per heavy atom. The molecule has 2 rings (SSSR count). The largest absolute Gasteiger partial charge is 0.394 e. The fourth-order valence-electron chi connectivity index (χ4n) is 4.57. The molecule has 0 aliphatic heterocycles. The first-order valence-corrected chi connectivity index (χ1v) is 22.8. The van der Waals surface area contributed by atoms with Crippen LogP contribution in [0.15, 0.2) is 60.7 Å². The van der Waals surface area contributed by atoms with E-state index in [0.717, 1.165) is 24.9 Å². The van der Waals surface area contributed by atoms with Gasteiger partial charge in [0.1, 0.15) is 0 Å². The second-order valence-corrected chi connectivity index (χ2v) is 22.2. The Hall–Kier alpha value is 0.114. The highest BCUT2D eigenvalue weighted by atomic mass is 33.7. The molecule has 0 amide bonds. The molecule has 0 heterocycles. The van der Waals surface area contributed by atoms with Gasteiger partial charge in [-0.25, -0.2) is 0 Å². The van der Waals surface area contributed by atoms with Crippen molar-refractivity contribution >= 4 is 68.7 Å². The molecule has 0 aromatic heterocycles. The Morgan fingerprint density at radius 2 is 0.816 bits per heavy atom. The maximum absolute atomic E-state index is 5.93. The Bertz CT molecular complexity index is 759. The molecule has 0 aliphatic carbocycles. The van der Waals surface area contributed by atoms with Crippen molar-refractivity contribution < 1.29 is 17.7 Å². The molecule has 38 heavy (non-hydrogen) atoms. The lowest BCUT2D eigenvalue weighted by Crippen LogP contribution is -2.52. The minimum atomic E-state index is -2.28. The molecule has 214 valence electrons. The summed E-state index contributed by atoms with van der Waals surface area (Å²) in [4.78, 5) is 0. The summed E-state index contributed by atoms with van der Waals surface area (Å²) in [6.07, 6.45) is 9.92. The van der Waals surface area contributed by atoms with Crippen molar-refractivity contribution in [1.82, 2.24) is 0 Å². The monoisotopic (exact) mass is 630 g/mol. The van der Waals surface area contributed by atoms with E-state index in [1.807, 2.05) is 53.4 Å². The van der Waals surface area contributed by atoms with Crippen molar-refractivity contribution in [2.24, 2.45) is 0 Å². The summed E-state index contributed by atoms with van der Waals surface area (Å²) in [5, 5.41) is 2.46. The van der Waals surface area contributed by atoms with Crippen LogP contribution in [-0.2, 0) is 17.7 Å². The van der Waals surface area contributed by atoms with Crippen LogP contribution in [0.25, 0.3) is 0 Å². The molecule has 2 aromatic rings. The van der Waals surface area contributed by atoms with Crippen molar-refractivity contribution in [3.05, 3.63) is 60.7 Å². The minimum Gasteiger partial charge on any atom is -0.394 e. The second kappa shape index (κ2) is 20.9. The van der Waals surface area contributed by atoms with Gasteiger partial charge in [-0.05, 0) is 55.0 Å². The fourth-order valence-corrected chi connectivity index (χ4v) is 16.3. The van der Waals surface area contributed by atoms with E-state index in [2.05, 4.69) is 48.5 Å². The summed E-state index contributed by atoms with van der Waals surface area (Å²) in [5.74, 6) is 2.44. The number of benzene rings is 2. The van der Waals surface area contributed by atoms with Gasteiger partial charge in [0, 0.05) is 39.9 Å². The summed E-state index contributed by atoms with van der Waals surface area (Å²) >= 11 is 0. The Morgan fingerprint density at radius 3 is 1.16 bits per heavy atom. The summed E-state index contributed by atoms with van der Waals surface area (Å²) in [6, 6.07) is 23.0. The van der Waals surface area contributed by atoms with Gasteiger partial charge in [-0.2, -0.15) is 0 Å². The molecule has 0 aliphatic rings. The van der Waals surface area contributed by atoms with Crippen LogP contribution >= 0.6 is 41.2 Å². The van der Waals surface area contributed by atoms with Gasteiger partial charge in [-0.15, -0.1) is 0 Å². The zero-order chi connectivity index (χ0) is 27.4. The van der Waals surface area contributed by atoms with Crippen LogP contribution in [0.1, 0.15) is 51.4 Å². The van der Waals surface area contributed by atoms with Crippen LogP contribution in [0, 0.1) is 0 Å². The normalized spacial score (nSPS) is 12.2. The van der Waals surface area contributed by atoms with Crippen LogP contribution in [0.2, 0.25) is 12.1 Å². The van der Waals surface area contributed by atoms with Gasteiger partial charge in [0.15, 0.2) is 0 Å². The molecule has 0 atom stereocenters. The zero-order valence-corrected chi connectivity index (χ0v) is 28.8. The van der Waals surface area contributed by atoms with Crippen LogP contribution in [-0.4, -0.2) is 57.1 Å². The van der Waals surface area contributed by atoms with Crippen molar-refractivity contribution in [2.45, 2.75) is 63.5 Å². The minimum absolute atomic E-state index is 1.02. The topological polar surface area (TPSA) is 36.9 Å². The average molecular weight is 631 g/mol. The zero-order valence-electron chi connectivity index (χ0n) is 23.5. The van der Waals surface area contributed by atoms with E-state index in [9.17, 15) is 0 Å². The van der Waals surface area contributed by atoms with Crippen LogP contribution in [0.5, 0.6) is 0 Å². The smallest absolute Gasteiger partial charge is 0.371 e. The summed E-state index contributed by atoms with van der Waals surface area (Å²) in [5.41, 5.74) is 0. The molecule has 0 bridgehead atoms. The summed E-state index contributed by atoms with van der Waals surface area (Å²) in [6.45, 7) is 0. The molecule has 0 spiro atoms. The molecule has 4 nitrogen and oxygen atoms in total. The molecular weight excluding hydrogens is 585 g/mol. The van der Waals surface area contributed by atoms with Gasteiger partial charge < -0.3 is 17.7 Å². The van der Waals surface area contributed by atoms with Crippen LogP contribution < -0.4 is 10.4 Å². The van der Waals surface area contributed by atoms with E-state index in [0.29, 0.717) is 0 Å². The van der Waals surface area contributed by atoms with Crippen molar-refractivity contribution in [3.63, 3.8) is 0 Å². The summed E-state index contributed by atoms with van der Waals surface area (Å²) in [7, 11) is 10.5. The first-order chi connectivity index (χ1) is 18.7. The number of unbranched alkanes of at least 4 members (excludes halogenated alkanes) is 6. The average Bonchev–Trinajstić information content (AvgIpc) is 2.98. The Balaban J connectivity index is 1.42. The predicted molar refractivity (Wildman–Crippen MR) is 178 cm³/mol. The lowest BCUT2D eigenvalue weighted by Gasteiger charge is -2.27. The SMILES string of the molecule is CO[Si](CCCCCCSSSSCCCCCC[Si](OC)(OC)c1ccccc1)(OC)c1ccccc1. The maximum atomic E-state index is 5.93. The summed E-state index contributed by atoms with van der Waals surface area (Å²) < 4.78 is 23.7. The third kappa shape index (κ3) is 11.9. The first-order valence-electron chi connectivity index (χ1n) is 13.6. The van der Waals surface area contributed by atoms with Crippen LogP contribution in [0.3, 0.4) is 0 Å². The number of rotatable bonds is 23. The quantitative estimate of drug-likeness (QED) is 0.0693. The van der Waals surface area contributed by atoms with E-state index in [-0.39, 0.29) is 0 Å². The number of hydrogen-bond acceptors (Lipinski definition) is 8. The molecule has 0 N–H and O–H groups in total. The highest BCUT2D eigenvalue weighted by molar-refractivity contribution is 9.26. The third-order valence-corrected chi connectivity index (χ3v) is 20.6. The van der Waals surface area contributed by atoms with E-state index in [1.54, 1.807) is 28.4 Å². The standard InChI is InChI=1S/C28H46O4S4Si2/c1-29-37(30-2,27-19-11-9-12-20-27)25-17-7-5-15-23-33-35-36-34-24-16-6-8-18-26-38(31-3,32-4)28-21-13-10-14-22-28/h9-14,19-22H,5-8,15-18,23-26H2,1-4H3. The van der Waals surface area contributed by atoms with E-state index in [4.69, 9.17) is 17.7 Å². The van der Waals surface area contributed by atoms with Gasteiger partial charge >= 0.3 is 17.1 Å². The highest BCUT2D eigenvalue weighted by Crippen LogP contribution is 2.43.